The third-order valence-corrected chi connectivity index (χ3v) is 5.04. The van der Waals surface area contributed by atoms with Crippen LogP contribution in [0.1, 0.15) is 50.2 Å². The van der Waals surface area contributed by atoms with Gasteiger partial charge in [0.15, 0.2) is 6.10 Å². The molecule has 0 radical (unpaired) electrons. The summed E-state index contributed by atoms with van der Waals surface area (Å²) in [5.41, 5.74) is 0.854. The molecule has 24 heavy (non-hydrogen) atoms. The van der Waals surface area contributed by atoms with E-state index in [2.05, 4.69) is 0 Å². The zero-order chi connectivity index (χ0) is 16.9. The van der Waals surface area contributed by atoms with E-state index in [1.807, 2.05) is 30.3 Å². The van der Waals surface area contributed by atoms with Crippen molar-refractivity contribution in [2.45, 2.75) is 50.7 Å². The predicted octanol–water partition coefficient (Wildman–Crippen LogP) is 3.01. The minimum atomic E-state index is -0.819. The first kappa shape index (κ1) is 17.0. The third kappa shape index (κ3) is 3.96. The molecule has 2 fully saturated rings. The first-order chi connectivity index (χ1) is 11.6. The van der Waals surface area contributed by atoms with Gasteiger partial charge in [-0.15, -0.1) is 0 Å². The van der Waals surface area contributed by atoms with Gasteiger partial charge in [-0.3, -0.25) is 9.59 Å². The fourth-order valence-electron chi connectivity index (χ4n) is 3.67. The third-order valence-electron chi connectivity index (χ3n) is 5.04. The number of carbonyl (C=O) groups excluding carboxylic acids is 1. The van der Waals surface area contributed by atoms with E-state index in [-0.39, 0.29) is 18.6 Å². The fourth-order valence-corrected chi connectivity index (χ4v) is 3.67. The number of nitrogens with zero attached hydrogens (tertiary/aromatic N) is 1. The maximum absolute atomic E-state index is 13.1. The van der Waals surface area contributed by atoms with Crippen molar-refractivity contribution in [2.75, 3.05) is 13.1 Å². The van der Waals surface area contributed by atoms with Crippen LogP contribution in [0.3, 0.4) is 0 Å². The second-order valence-electron chi connectivity index (χ2n) is 6.79. The molecule has 0 spiro atoms. The number of carbonyl (C=O) groups is 2. The molecule has 2 atom stereocenters. The van der Waals surface area contributed by atoms with Crippen molar-refractivity contribution in [3.8, 4) is 0 Å². The lowest BCUT2D eigenvalue weighted by Gasteiger charge is -2.34. The summed E-state index contributed by atoms with van der Waals surface area (Å²) in [5, 5.41) is 9.25. The van der Waals surface area contributed by atoms with Crippen molar-refractivity contribution in [1.82, 2.24) is 4.90 Å². The highest BCUT2D eigenvalue weighted by Gasteiger charge is 2.34. The summed E-state index contributed by atoms with van der Waals surface area (Å²) >= 11 is 0. The number of hydrogen-bond acceptors (Lipinski definition) is 3. The molecule has 1 N–H and O–H groups in total. The predicted molar refractivity (Wildman–Crippen MR) is 89.5 cm³/mol. The lowest BCUT2D eigenvalue weighted by molar-refractivity contribution is -0.153. The molecule has 1 aromatic rings. The number of piperidine rings is 1. The van der Waals surface area contributed by atoms with Gasteiger partial charge < -0.3 is 14.7 Å². The van der Waals surface area contributed by atoms with Crippen LogP contribution < -0.4 is 0 Å². The van der Waals surface area contributed by atoms with E-state index in [4.69, 9.17) is 4.74 Å². The van der Waals surface area contributed by atoms with Crippen LogP contribution in [-0.2, 0) is 14.3 Å². The van der Waals surface area contributed by atoms with Gasteiger partial charge in [0.1, 0.15) is 0 Å². The maximum atomic E-state index is 13.1. The Hall–Kier alpha value is -1.88. The Kier molecular flexibility index (Phi) is 5.51. The SMILES string of the molecule is O=C(O)[C@@H]1CCCN(C(=O)[C@H](OC2CCCC2)c2ccccc2)C1. The average Bonchev–Trinajstić information content (AvgIpc) is 3.13. The van der Waals surface area contributed by atoms with Crippen molar-refractivity contribution in [2.24, 2.45) is 5.92 Å². The molecule has 3 rings (SSSR count). The molecule has 0 aromatic heterocycles. The molecule has 0 unspecified atom stereocenters. The standard InChI is InChI=1S/C19H25NO4/c21-18(20-12-6-9-15(13-20)19(22)23)17(14-7-2-1-3-8-14)24-16-10-4-5-11-16/h1-3,7-8,15-17H,4-6,9-13H2,(H,22,23)/t15-,17-/m1/s1. The van der Waals surface area contributed by atoms with Gasteiger partial charge in [0, 0.05) is 13.1 Å². The van der Waals surface area contributed by atoms with Gasteiger partial charge in [0.25, 0.3) is 5.91 Å². The van der Waals surface area contributed by atoms with Crippen molar-refractivity contribution in [1.29, 1.82) is 0 Å². The molecule has 1 amide bonds. The monoisotopic (exact) mass is 331 g/mol. The van der Waals surface area contributed by atoms with Crippen molar-refractivity contribution in [3.05, 3.63) is 35.9 Å². The van der Waals surface area contributed by atoms with Gasteiger partial charge >= 0.3 is 5.97 Å². The highest BCUT2D eigenvalue weighted by molar-refractivity contribution is 5.83. The van der Waals surface area contributed by atoms with Crippen LogP contribution >= 0.6 is 0 Å². The van der Waals surface area contributed by atoms with Gasteiger partial charge in [0.05, 0.1) is 12.0 Å². The van der Waals surface area contributed by atoms with Crippen LogP contribution in [0.2, 0.25) is 0 Å². The van der Waals surface area contributed by atoms with E-state index in [9.17, 15) is 14.7 Å². The number of hydrogen-bond donors (Lipinski definition) is 1. The first-order valence-electron chi connectivity index (χ1n) is 8.87. The molecule has 1 heterocycles. The summed E-state index contributed by atoms with van der Waals surface area (Å²) in [5.74, 6) is -1.38. The van der Waals surface area contributed by atoms with Crippen LogP contribution in [0.5, 0.6) is 0 Å². The second-order valence-corrected chi connectivity index (χ2v) is 6.79. The summed E-state index contributed by atoms with van der Waals surface area (Å²) < 4.78 is 6.17. The highest BCUT2D eigenvalue weighted by atomic mass is 16.5. The quantitative estimate of drug-likeness (QED) is 0.900. The van der Waals surface area contributed by atoms with E-state index >= 15 is 0 Å². The summed E-state index contributed by atoms with van der Waals surface area (Å²) in [6.45, 7) is 0.894. The Balaban J connectivity index is 1.76. The van der Waals surface area contributed by atoms with E-state index in [1.54, 1.807) is 4.90 Å². The van der Waals surface area contributed by atoms with E-state index in [1.165, 1.54) is 0 Å². The molecular formula is C19H25NO4. The number of benzene rings is 1. The zero-order valence-electron chi connectivity index (χ0n) is 13.9. The van der Waals surface area contributed by atoms with Gasteiger partial charge in [-0.25, -0.2) is 0 Å². The van der Waals surface area contributed by atoms with Gasteiger partial charge in [-0.2, -0.15) is 0 Å². The number of likely N-dealkylation sites (tertiary alicyclic amines) is 1. The second kappa shape index (κ2) is 7.79. The number of aliphatic carboxylic acids is 1. The molecule has 1 aliphatic heterocycles. The molecule has 1 aliphatic carbocycles. The lowest BCUT2D eigenvalue weighted by Crippen LogP contribution is -2.45. The average molecular weight is 331 g/mol. The topological polar surface area (TPSA) is 66.8 Å². The minimum Gasteiger partial charge on any atom is -0.481 e. The summed E-state index contributed by atoms with van der Waals surface area (Å²) in [6.07, 6.45) is 5.15. The molecular weight excluding hydrogens is 306 g/mol. The number of rotatable bonds is 5. The molecule has 1 saturated heterocycles. The molecule has 5 nitrogen and oxygen atoms in total. The number of ether oxygens (including phenoxy) is 1. The van der Waals surface area contributed by atoms with E-state index < -0.39 is 18.0 Å². The zero-order valence-corrected chi connectivity index (χ0v) is 13.9. The van der Waals surface area contributed by atoms with Crippen molar-refractivity contribution >= 4 is 11.9 Å². The lowest BCUT2D eigenvalue weighted by atomic mass is 9.97. The van der Waals surface area contributed by atoms with Crippen LogP contribution in [0.15, 0.2) is 30.3 Å². The van der Waals surface area contributed by atoms with Crippen LogP contribution in [0.4, 0.5) is 0 Å². The first-order valence-corrected chi connectivity index (χ1v) is 8.87. The molecule has 5 heteroatoms. The summed E-state index contributed by atoms with van der Waals surface area (Å²) in [7, 11) is 0. The van der Waals surface area contributed by atoms with Crippen LogP contribution in [-0.4, -0.2) is 41.1 Å². The Morgan fingerprint density at radius 1 is 1.08 bits per heavy atom. The summed E-state index contributed by atoms with van der Waals surface area (Å²) in [4.78, 5) is 26.0. The number of carboxylic acids is 1. The molecule has 130 valence electrons. The molecule has 1 saturated carbocycles. The number of amides is 1. The van der Waals surface area contributed by atoms with Gasteiger partial charge in [0.2, 0.25) is 0 Å². The number of carboxylic acid groups (broad SMARTS) is 1. The minimum absolute atomic E-state index is 0.0981. The normalized spacial score (nSPS) is 23.2. The van der Waals surface area contributed by atoms with Crippen molar-refractivity contribution < 1.29 is 19.4 Å². The molecule has 0 bridgehead atoms. The van der Waals surface area contributed by atoms with Crippen molar-refractivity contribution in [3.63, 3.8) is 0 Å². The maximum Gasteiger partial charge on any atom is 0.308 e. The Bertz CT molecular complexity index is 568. The largest absolute Gasteiger partial charge is 0.481 e. The van der Waals surface area contributed by atoms with Gasteiger partial charge in [-0.1, -0.05) is 43.2 Å². The molecule has 2 aliphatic rings. The summed E-state index contributed by atoms with van der Waals surface area (Å²) in [6, 6.07) is 9.56. The smallest absolute Gasteiger partial charge is 0.308 e. The van der Waals surface area contributed by atoms with E-state index in [0.717, 1.165) is 37.7 Å². The van der Waals surface area contributed by atoms with Gasteiger partial charge in [-0.05, 0) is 31.2 Å². The molecule has 1 aromatic carbocycles. The van der Waals surface area contributed by atoms with Crippen LogP contribution in [0, 0.1) is 5.92 Å². The Labute approximate surface area is 142 Å². The Morgan fingerprint density at radius 2 is 1.79 bits per heavy atom. The van der Waals surface area contributed by atoms with Crippen LogP contribution in [0.25, 0.3) is 0 Å². The highest BCUT2D eigenvalue weighted by Crippen LogP contribution is 2.30. The fraction of sp³-hybridized carbons (Fsp3) is 0.579. The van der Waals surface area contributed by atoms with E-state index in [0.29, 0.717) is 13.0 Å². The Morgan fingerprint density at radius 3 is 2.46 bits per heavy atom.